The van der Waals surface area contributed by atoms with Crippen LogP contribution in [-0.2, 0) is 6.54 Å². The van der Waals surface area contributed by atoms with E-state index < -0.39 is 0 Å². The van der Waals surface area contributed by atoms with E-state index in [9.17, 15) is 9.59 Å². The monoisotopic (exact) mass is 378 g/mol. The first-order valence-corrected chi connectivity index (χ1v) is 8.22. The fraction of sp³-hybridized carbons (Fsp3) is 0.294. The molecule has 122 valence electrons. The quantitative estimate of drug-likeness (QED) is 0.807. The van der Waals surface area contributed by atoms with Gasteiger partial charge in [0.2, 0.25) is 0 Å². The molecule has 0 spiro atoms. The minimum Gasteiger partial charge on any atom is -0.444 e. The highest BCUT2D eigenvalue weighted by Crippen LogP contribution is 2.14. The Labute approximate surface area is 143 Å². The molecule has 2 N–H and O–H groups in total. The van der Waals surface area contributed by atoms with Gasteiger partial charge in [-0.3, -0.25) is 9.59 Å². The molecular weight excluding hydrogens is 360 g/mol. The Hall–Kier alpha value is -2.08. The summed E-state index contributed by atoms with van der Waals surface area (Å²) in [5.41, 5.74) is 1.51. The van der Waals surface area contributed by atoms with Crippen LogP contribution in [0.4, 0.5) is 0 Å². The van der Waals surface area contributed by atoms with E-state index in [-0.39, 0.29) is 23.6 Å². The van der Waals surface area contributed by atoms with Crippen LogP contribution in [0.25, 0.3) is 0 Å². The molecular formula is C17H19BrN2O3. The third kappa shape index (κ3) is 4.96. The van der Waals surface area contributed by atoms with Gasteiger partial charge in [-0.2, -0.15) is 0 Å². The SMILES string of the molecule is CC[C@@H](C)NC(=O)c1ccc(CNC(=O)c2ccc(Br)o2)cc1. The molecule has 2 aromatic rings. The van der Waals surface area contributed by atoms with Crippen LogP contribution in [0.2, 0.25) is 0 Å². The van der Waals surface area contributed by atoms with Gasteiger partial charge in [-0.25, -0.2) is 0 Å². The molecule has 1 atom stereocenters. The first-order chi connectivity index (χ1) is 11.0. The Kier molecular flexibility index (Phi) is 5.98. The molecule has 0 saturated carbocycles. The van der Waals surface area contributed by atoms with Crippen LogP contribution in [0.3, 0.4) is 0 Å². The van der Waals surface area contributed by atoms with Crippen molar-refractivity contribution in [1.29, 1.82) is 0 Å². The van der Waals surface area contributed by atoms with Crippen molar-refractivity contribution in [1.82, 2.24) is 10.6 Å². The van der Waals surface area contributed by atoms with Gasteiger partial charge in [-0.05, 0) is 59.1 Å². The Balaban J connectivity index is 1.90. The number of rotatable bonds is 6. The molecule has 2 rings (SSSR count). The normalized spacial score (nSPS) is 11.8. The van der Waals surface area contributed by atoms with E-state index in [1.165, 1.54) is 0 Å². The number of hydrogen-bond acceptors (Lipinski definition) is 3. The summed E-state index contributed by atoms with van der Waals surface area (Å²) in [4.78, 5) is 23.9. The number of nitrogens with one attached hydrogen (secondary N) is 2. The third-order valence-corrected chi connectivity index (χ3v) is 3.88. The first kappa shape index (κ1) is 17.3. The topological polar surface area (TPSA) is 71.3 Å². The molecule has 1 heterocycles. The van der Waals surface area contributed by atoms with Crippen molar-refractivity contribution in [2.75, 3.05) is 0 Å². The molecule has 1 aromatic heterocycles. The van der Waals surface area contributed by atoms with Crippen LogP contribution in [0, 0.1) is 0 Å². The Morgan fingerprint density at radius 3 is 2.39 bits per heavy atom. The number of hydrogen-bond donors (Lipinski definition) is 2. The zero-order valence-electron chi connectivity index (χ0n) is 13.1. The maximum Gasteiger partial charge on any atom is 0.287 e. The lowest BCUT2D eigenvalue weighted by Gasteiger charge is -2.11. The molecule has 1 aromatic carbocycles. The molecule has 5 nitrogen and oxygen atoms in total. The summed E-state index contributed by atoms with van der Waals surface area (Å²) in [6.07, 6.45) is 0.888. The summed E-state index contributed by atoms with van der Waals surface area (Å²) in [5, 5.41) is 5.68. The summed E-state index contributed by atoms with van der Waals surface area (Å²) < 4.78 is 5.70. The second-order valence-corrected chi connectivity index (χ2v) is 6.05. The van der Waals surface area contributed by atoms with Crippen LogP contribution >= 0.6 is 15.9 Å². The lowest BCUT2D eigenvalue weighted by Crippen LogP contribution is -2.31. The van der Waals surface area contributed by atoms with Gasteiger partial charge in [0, 0.05) is 18.2 Å². The van der Waals surface area contributed by atoms with E-state index in [2.05, 4.69) is 26.6 Å². The zero-order valence-corrected chi connectivity index (χ0v) is 14.6. The summed E-state index contributed by atoms with van der Waals surface area (Å²) in [5.74, 6) is -0.119. The molecule has 0 aliphatic rings. The maximum absolute atomic E-state index is 12.0. The molecule has 0 radical (unpaired) electrons. The zero-order chi connectivity index (χ0) is 16.8. The smallest absolute Gasteiger partial charge is 0.287 e. The number of halogens is 1. The van der Waals surface area contributed by atoms with Crippen LogP contribution in [-0.4, -0.2) is 17.9 Å². The van der Waals surface area contributed by atoms with E-state index in [1.807, 2.05) is 26.0 Å². The van der Waals surface area contributed by atoms with E-state index in [4.69, 9.17) is 4.42 Å². The Bertz CT molecular complexity index is 679. The summed E-state index contributed by atoms with van der Waals surface area (Å²) in [7, 11) is 0. The fourth-order valence-electron chi connectivity index (χ4n) is 1.89. The molecule has 6 heteroatoms. The van der Waals surface area contributed by atoms with Gasteiger partial charge in [0.15, 0.2) is 10.4 Å². The number of benzene rings is 1. The molecule has 0 bridgehead atoms. The van der Waals surface area contributed by atoms with Crippen LogP contribution in [0.15, 0.2) is 45.5 Å². The Morgan fingerprint density at radius 1 is 1.13 bits per heavy atom. The Morgan fingerprint density at radius 2 is 1.83 bits per heavy atom. The molecule has 2 amide bonds. The standard InChI is InChI=1S/C17H19BrN2O3/c1-3-11(2)20-16(21)13-6-4-12(5-7-13)10-19-17(22)14-8-9-15(18)23-14/h4-9,11H,3,10H2,1-2H3,(H,19,22)(H,20,21)/t11-/m1/s1. The number of amides is 2. The average molecular weight is 379 g/mol. The van der Waals surface area contributed by atoms with Crippen LogP contribution < -0.4 is 10.6 Å². The van der Waals surface area contributed by atoms with E-state index in [0.717, 1.165) is 12.0 Å². The largest absolute Gasteiger partial charge is 0.444 e. The van der Waals surface area contributed by atoms with Gasteiger partial charge in [0.1, 0.15) is 0 Å². The third-order valence-electron chi connectivity index (χ3n) is 3.46. The summed E-state index contributed by atoms with van der Waals surface area (Å²) >= 11 is 3.16. The van der Waals surface area contributed by atoms with Crippen LogP contribution in [0.1, 0.15) is 46.7 Å². The van der Waals surface area contributed by atoms with Gasteiger partial charge in [0.25, 0.3) is 11.8 Å². The second-order valence-electron chi connectivity index (χ2n) is 5.27. The lowest BCUT2D eigenvalue weighted by atomic mass is 10.1. The van der Waals surface area contributed by atoms with Gasteiger partial charge < -0.3 is 15.1 Å². The number of carbonyl (C=O) groups is 2. The fourth-order valence-corrected chi connectivity index (χ4v) is 2.20. The van der Waals surface area contributed by atoms with Crippen molar-refractivity contribution in [3.8, 4) is 0 Å². The van der Waals surface area contributed by atoms with Crippen LogP contribution in [0.5, 0.6) is 0 Å². The van der Waals surface area contributed by atoms with E-state index in [1.54, 1.807) is 24.3 Å². The molecule has 0 aliphatic carbocycles. The summed E-state index contributed by atoms with van der Waals surface area (Å²) in [6, 6.07) is 10.6. The van der Waals surface area contributed by atoms with Gasteiger partial charge in [-0.1, -0.05) is 19.1 Å². The second kappa shape index (κ2) is 7.97. The van der Waals surface area contributed by atoms with Crippen molar-refractivity contribution in [2.24, 2.45) is 0 Å². The van der Waals surface area contributed by atoms with Gasteiger partial charge in [0.05, 0.1) is 0 Å². The molecule has 0 saturated heterocycles. The highest BCUT2D eigenvalue weighted by atomic mass is 79.9. The van der Waals surface area contributed by atoms with Gasteiger partial charge >= 0.3 is 0 Å². The summed E-state index contributed by atoms with van der Waals surface area (Å²) in [6.45, 7) is 4.35. The van der Waals surface area contributed by atoms with E-state index in [0.29, 0.717) is 16.8 Å². The van der Waals surface area contributed by atoms with E-state index >= 15 is 0 Å². The molecule has 0 unspecified atom stereocenters. The molecule has 0 fully saturated rings. The number of furan rings is 1. The maximum atomic E-state index is 12.0. The van der Waals surface area contributed by atoms with Crippen molar-refractivity contribution >= 4 is 27.7 Å². The predicted molar refractivity (Wildman–Crippen MR) is 91.2 cm³/mol. The molecule has 23 heavy (non-hydrogen) atoms. The average Bonchev–Trinajstić information content (AvgIpc) is 2.99. The van der Waals surface area contributed by atoms with Crippen molar-refractivity contribution in [3.63, 3.8) is 0 Å². The van der Waals surface area contributed by atoms with Crippen molar-refractivity contribution in [3.05, 3.63) is 58.0 Å². The molecule has 0 aliphatic heterocycles. The first-order valence-electron chi connectivity index (χ1n) is 7.43. The van der Waals surface area contributed by atoms with Crippen molar-refractivity contribution in [2.45, 2.75) is 32.9 Å². The predicted octanol–water partition coefficient (Wildman–Crippen LogP) is 3.50. The van der Waals surface area contributed by atoms with Gasteiger partial charge in [-0.15, -0.1) is 0 Å². The lowest BCUT2D eigenvalue weighted by molar-refractivity contribution is 0.0918. The highest BCUT2D eigenvalue weighted by Gasteiger charge is 2.11. The number of carbonyl (C=O) groups excluding carboxylic acids is 2. The minimum absolute atomic E-state index is 0.0876. The minimum atomic E-state index is -0.283. The van der Waals surface area contributed by atoms with Crippen molar-refractivity contribution < 1.29 is 14.0 Å². The highest BCUT2D eigenvalue weighted by molar-refractivity contribution is 9.10.